The largest absolute Gasteiger partial charge is 0.508 e. The zero-order chi connectivity index (χ0) is 21.1. The van der Waals surface area contributed by atoms with Crippen LogP contribution in [0.25, 0.3) is 0 Å². The van der Waals surface area contributed by atoms with Crippen molar-refractivity contribution < 1.29 is 14.8 Å². The molecule has 2 aromatic rings. The fourth-order valence-electron chi connectivity index (χ4n) is 4.37. The van der Waals surface area contributed by atoms with E-state index in [4.69, 9.17) is 11.6 Å². The van der Waals surface area contributed by atoms with Crippen LogP contribution in [0, 0.1) is 6.92 Å². The first-order valence-corrected chi connectivity index (χ1v) is 11.0. The van der Waals surface area contributed by atoms with Gasteiger partial charge in [-0.3, -0.25) is 4.79 Å². The van der Waals surface area contributed by atoms with E-state index in [9.17, 15) is 9.90 Å². The Hall–Kier alpha value is -2.44. The predicted molar refractivity (Wildman–Crippen MR) is 121 cm³/mol. The number of nitrogens with zero attached hydrogens (tertiary/aromatic N) is 3. The Morgan fingerprint density at radius 1 is 0.967 bits per heavy atom. The molecule has 6 nitrogen and oxygen atoms in total. The summed E-state index contributed by atoms with van der Waals surface area (Å²) in [6.07, 6.45) is 0. The molecule has 0 aromatic heterocycles. The number of halogens is 1. The number of nitrogens with one attached hydrogen (secondary N) is 1. The van der Waals surface area contributed by atoms with Crippen molar-refractivity contribution in [2.24, 2.45) is 0 Å². The third kappa shape index (κ3) is 4.82. The Bertz CT molecular complexity index is 873. The van der Waals surface area contributed by atoms with Gasteiger partial charge in [-0.05, 0) is 48.9 Å². The molecule has 2 saturated heterocycles. The maximum atomic E-state index is 12.8. The number of phenolic OH excluding ortho intramolecular Hbond substituents is 1. The van der Waals surface area contributed by atoms with Gasteiger partial charge in [0.25, 0.3) is 5.91 Å². The van der Waals surface area contributed by atoms with E-state index in [0.29, 0.717) is 6.54 Å². The van der Waals surface area contributed by atoms with E-state index in [1.54, 1.807) is 12.1 Å². The van der Waals surface area contributed by atoms with Crippen LogP contribution in [0.5, 0.6) is 5.75 Å². The van der Waals surface area contributed by atoms with Crippen molar-refractivity contribution in [1.29, 1.82) is 0 Å². The summed E-state index contributed by atoms with van der Waals surface area (Å²) in [6, 6.07) is 13.3. The highest BCUT2D eigenvalue weighted by Crippen LogP contribution is 2.24. The number of hydrogen-bond donors (Lipinski definition) is 2. The van der Waals surface area contributed by atoms with Crippen LogP contribution >= 0.6 is 11.6 Å². The molecular weight excluding hydrogens is 400 g/mol. The molecule has 0 unspecified atom stereocenters. The minimum absolute atomic E-state index is 0.253. The molecule has 7 heteroatoms. The van der Waals surface area contributed by atoms with Gasteiger partial charge in [-0.25, -0.2) is 0 Å². The zero-order valence-electron chi connectivity index (χ0n) is 17.5. The molecule has 2 aliphatic heterocycles. The van der Waals surface area contributed by atoms with Gasteiger partial charge in [0, 0.05) is 42.6 Å². The second-order valence-electron chi connectivity index (χ2n) is 8.23. The SMILES string of the molecule is Cc1ccc(Cl)cc1N1CC[NH+](CC(=O)N2CCN(c3ccc(O)cc3)CC2)CC1. The third-order valence-electron chi connectivity index (χ3n) is 6.23. The van der Waals surface area contributed by atoms with Crippen LogP contribution in [0.15, 0.2) is 42.5 Å². The number of anilines is 2. The summed E-state index contributed by atoms with van der Waals surface area (Å²) in [4.78, 5) is 20.8. The number of rotatable bonds is 4. The van der Waals surface area contributed by atoms with Crippen molar-refractivity contribution in [2.45, 2.75) is 6.92 Å². The number of benzene rings is 2. The maximum absolute atomic E-state index is 12.8. The summed E-state index contributed by atoms with van der Waals surface area (Å²) in [6.45, 7) is 9.66. The summed E-state index contributed by atoms with van der Waals surface area (Å²) in [5.41, 5.74) is 3.54. The average molecular weight is 430 g/mol. The number of phenols is 1. The van der Waals surface area contributed by atoms with Crippen molar-refractivity contribution in [2.75, 3.05) is 68.7 Å². The monoisotopic (exact) mass is 429 g/mol. The average Bonchev–Trinajstić information content (AvgIpc) is 2.77. The number of piperazine rings is 2. The summed E-state index contributed by atoms with van der Waals surface area (Å²) in [5.74, 6) is 0.531. The molecule has 0 atom stereocenters. The molecule has 1 amide bonds. The van der Waals surface area contributed by atoms with Gasteiger partial charge in [-0.1, -0.05) is 17.7 Å². The maximum Gasteiger partial charge on any atom is 0.277 e. The lowest BCUT2D eigenvalue weighted by Crippen LogP contribution is -3.16. The van der Waals surface area contributed by atoms with Crippen molar-refractivity contribution in [3.8, 4) is 5.75 Å². The highest BCUT2D eigenvalue weighted by Gasteiger charge is 2.27. The highest BCUT2D eigenvalue weighted by molar-refractivity contribution is 6.30. The zero-order valence-corrected chi connectivity index (χ0v) is 18.2. The first-order valence-electron chi connectivity index (χ1n) is 10.7. The molecule has 0 bridgehead atoms. The highest BCUT2D eigenvalue weighted by atomic mass is 35.5. The number of carbonyl (C=O) groups excluding carboxylic acids is 1. The van der Waals surface area contributed by atoms with Crippen LogP contribution in [0.1, 0.15) is 5.56 Å². The van der Waals surface area contributed by atoms with E-state index in [-0.39, 0.29) is 11.7 Å². The van der Waals surface area contributed by atoms with Crippen LogP contribution < -0.4 is 14.7 Å². The van der Waals surface area contributed by atoms with E-state index in [2.05, 4.69) is 22.8 Å². The summed E-state index contributed by atoms with van der Waals surface area (Å²) in [5, 5.41) is 10.2. The quantitative estimate of drug-likeness (QED) is 0.771. The van der Waals surface area contributed by atoms with Crippen molar-refractivity contribution in [1.82, 2.24) is 4.90 Å². The first kappa shape index (κ1) is 20.8. The van der Waals surface area contributed by atoms with Gasteiger partial charge in [0.05, 0.1) is 26.2 Å². The van der Waals surface area contributed by atoms with Crippen LogP contribution in [0.4, 0.5) is 11.4 Å². The molecule has 2 aromatic carbocycles. The van der Waals surface area contributed by atoms with Gasteiger partial charge in [-0.15, -0.1) is 0 Å². The number of amides is 1. The van der Waals surface area contributed by atoms with E-state index >= 15 is 0 Å². The van der Waals surface area contributed by atoms with Gasteiger partial charge >= 0.3 is 0 Å². The predicted octanol–water partition coefficient (Wildman–Crippen LogP) is 1.41. The van der Waals surface area contributed by atoms with Crippen LogP contribution in [0.3, 0.4) is 0 Å². The summed E-state index contributed by atoms with van der Waals surface area (Å²) < 4.78 is 0. The van der Waals surface area contributed by atoms with Gasteiger partial charge < -0.3 is 24.7 Å². The Morgan fingerprint density at radius 3 is 2.30 bits per heavy atom. The molecule has 0 radical (unpaired) electrons. The van der Waals surface area contributed by atoms with E-state index in [1.165, 1.54) is 16.2 Å². The van der Waals surface area contributed by atoms with Crippen molar-refractivity contribution in [3.05, 3.63) is 53.1 Å². The van der Waals surface area contributed by atoms with Crippen molar-refractivity contribution in [3.63, 3.8) is 0 Å². The molecule has 30 heavy (non-hydrogen) atoms. The molecule has 2 N–H and O–H groups in total. The van der Waals surface area contributed by atoms with Gasteiger partial charge in [0.1, 0.15) is 5.75 Å². The van der Waals surface area contributed by atoms with Crippen molar-refractivity contribution >= 4 is 28.9 Å². The second kappa shape index (κ2) is 9.14. The van der Waals surface area contributed by atoms with Gasteiger partial charge in [-0.2, -0.15) is 0 Å². The molecule has 2 aliphatic rings. The molecule has 2 fully saturated rings. The molecule has 4 rings (SSSR count). The fourth-order valence-corrected chi connectivity index (χ4v) is 4.53. The standard InChI is InChI=1S/C23H29ClN4O2/c1-18-2-3-19(24)16-22(18)27-10-8-25(9-11-27)17-23(30)28-14-12-26(13-15-28)20-4-6-21(29)7-5-20/h2-7,16,29H,8-15,17H2,1H3/p+1. The molecule has 0 spiro atoms. The normalized spacial score (nSPS) is 18.0. The lowest BCUT2D eigenvalue weighted by atomic mass is 10.1. The first-order chi connectivity index (χ1) is 14.5. The number of aromatic hydroxyl groups is 1. The molecule has 160 valence electrons. The third-order valence-corrected chi connectivity index (χ3v) is 6.47. The van der Waals surface area contributed by atoms with Crippen LogP contribution in [0.2, 0.25) is 5.02 Å². The van der Waals surface area contributed by atoms with Gasteiger partial charge in [0.2, 0.25) is 0 Å². The lowest BCUT2D eigenvalue weighted by Gasteiger charge is -2.38. The number of aryl methyl sites for hydroxylation is 1. The number of quaternary nitrogens is 1. The Morgan fingerprint density at radius 2 is 1.63 bits per heavy atom. The van der Waals surface area contributed by atoms with Crippen LogP contribution in [-0.4, -0.2) is 74.8 Å². The topological polar surface area (TPSA) is 51.5 Å². The Kier molecular flexibility index (Phi) is 6.35. The molecule has 2 heterocycles. The second-order valence-corrected chi connectivity index (χ2v) is 8.67. The Labute approximate surface area is 183 Å². The Balaban J connectivity index is 1.24. The van der Waals surface area contributed by atoms with Crippen LogP contribution in [-0.2, 0) is 4.79 Å². The number of hydrogen-bond acceptors (Lipinski definition) is 4. The molecular formula is C23H30ClN4O2+. The fraction of sp³-hybridized carbons (Fsp3) is 0.435. The van der Waals surface area contributed by atoms with Gasteiger partial charge in [0.15, 0.2) is 6.54 Å². The van der Waals surface area contributed by atoms with E-state index in [1.807, 2.05) is 29.2 Å². The molecule has 0 saturated carbocycles. The summed E-state index contributed by atoms with van der Waals surface area (Å²) in [7, 11) is 0. The van der Waals surface area contributed by atoms with E-state index in [0.717, 1.165) is 63.1 Å². The molecule has 0 aliphatic carbocycles. The minimum atomic E-state index is 0.253. The van der Waals surface area contributed by atoms with E-state index < -0.39 is 0 Å². The minimum Gasteiger partial charge on any atom is -0.508 e. The lowest BCUT2D eigenvalue weighted by molar-refractivity contribution is -0.892. The summed E-state index contributed by atoms with van der Waals surface area (Å²) >= 11 is 6.18. The number of carbonyl (C=O) groups is 1. The smallest absolute Gasteiger partial charge is 0.277 e.